The Kier molecular flexibility index (Phi) is 3.79. The summed E-state index contributed by atoms with van der Waals surface area (Å²) in [4.78, 5) is -0.0564. The molecule has 104 valence electrons. The standard InChI is InChI=1S/C17H16BrFO/c1-20-16-8-7-14(19)10-15(16)17(18)13-6-5-11-3-2-4-12(11)9-13/h5-10,17H,2-4H2,1H3. The van der Waals surface area contributed by atoms with Crippen molar-refractivity contribution in [1.29, 1.82) is 0 Å². The summed E-state index contributed by atoms with van der Waals surface area (Å²) >= 11 is 3.68. The van der Waals surface area contributed by atoms with Crippen molar-refractivity contribution < 1.29 is 9.13 Å². The number of hydrogen-bond acceptors (Lipinski definition) is 1. The van der Waals surface area contributed by atoms with Gasteiger partial charge in [0.2, 0.25) is 0 Å². The summed E-state index contributed by atoms with van der Waals surface area (Å²) in [5.74, 6) is 0.459. The Balaban J connectivity index is 2.00. The predicted molar refractivity (Wildman–Crippen MR) is 82.2 cm³/mol. The first-order valence-corrected chi connectivity index (χ1v) is 7.70. The summed E-state index contributed by atoms with van der Waals surface area (Å²) in [5.41, 5.74) is 4.84. The molecule has 0 amide bonds. The van der Waals surface area contributed by atoms with E-state index in [-0.39, 0.29) is 10.6 Å². The van der Waals surface area contributed by atoms with Crippen LogP contribution in [-0.4, -0.2) is 7.11 Å². The first kappa shape index (κ1) is 13.6. The maximum absolute atomic E-state index is 13.5. The number of benzene rings is 2. The zero-order valence-corrected chi connectivity index (χ0v) is 12.9. The molecule has 0 heterocycles. The summed E-state index contributed by atoms with van der Waals surface area (Å²) in [6.07, 6.45) is 3.55. The average molecular weight is 335 g/mol. The van der Waals surface area contributed by atoms with Gasteiger partial charge in [-0.3, -0.25) is 0 Å². The molecule has 0 spiro atoms. The van der Waals surface area contributed by atoms with E-state index < -0.39 is 0 Å². The molecule has 0 fully saturated rings. The number of aryl methyl sites for hydroxylation is 2. The summed E-state index contributed by atoms with van der Waals surface area (Å²) in [5, 5.41) is 0. The van der Waals surface area contributed by atoms with Gasteiger partial charge in [0.1, 0.15) is 11.6 Å². The zero-order valence-electron chi connectivity index (χ0n) is 11.3. The quantitative estimate of drug-likeness (QED) is 0.732. The van der Waals surface area contributed by atoms with Crippen LogP contribution in [0.2, 0.25) is 0 Å². The van der Waals surface area contributed by atoms with E-state index in [2.05, 4.69) is 34.1 Å². The molecule has 2 aromatic carbocycles. The summed E-state index contributed by atoms with van der Waals surface area (Å²) in [6.45, 7) is 0. The van der Waals surface area contributed by atoms with Crippen LogP contribution in [0.25, 0.3) is 0 Å². The highest BCUT2D eigenvalue weighted by Crippen LogP contribution is 2.38. The minimum atomic E-state index is -0.244. The summed E-state index contributed by atoms with van der Waals surface area (Å²) in [7, 11) is 1.61. The van der Waals surface area contributed by atoms with Gasteiger partial charge in [-0.25, -0.2) is 4.39 Å². The van der Waals surface area contributed by atoms with Gasteiger partial charge in [-0.1, -0.05) is 34.1 Å². The van der Waals surface area contributed by atoms with Gasteiger partial charge in [-0.2, -0.15) is 0 Å². The lowest BCUT2D eigenvalue weighted by Gasteiger charge is -2.16. The Hall–Kier alpha value is -1.35. The van der Waals surface area contributed by atoms with Crippen molar-refractivity contribution in [2.75, 3.05) is 7.11 Å². The molecule has 1 aliphatic carbocycles. The Morgan fingerprint density at radius 2 is 1.90 bits per heavy atom. The van der Waals surface area contributed by atoms with Crippen molar-refractivity contribution in [2.24, 2.45) is 0 Å². The maximum atomic E-state index is 13.5. The highest BCUT2D eigenvalue weighted by Gasteiger charge is 2.19. The molecule has 0 bridgehead atoms. The maximum Gasteiger partial charge on any atom is 0.123 e. The van der Waals surface area contributed by atoms with Gasteiger partial charge < -0.3 is 4.74 Å². The fourth-order valence-electron chi connectivity index (χ4n) is 2.83. The van der Waals surface area contributed by atoms with E-state index in [4.69, 9.17) is 4.74 Å². The van der Waals surface area contributed by atoms with Crippen LogP contribution < -0.4 is 4.74 Å². The van der Waals surface area contributed by atoms with Crippen molar-refractivity contribution >= 4 is 15.9 Å². The molecule has 0 saturated heterocycles. The molecule has 0 radical (unpaired) electrons. The first-order valence-electron chi connectivity index (χ1n) is 6.78. The molecule has 1 atom stereocenters. The van der Waals surface area contributed by atoms with E-state index >= 15 is 0 Å². The molecule has 0 aromatic heterocycles. The van der Waals surface area contributed by atoms with Crippen molar-refractivity contribution in [3.8, 4) is 5.75 Å². The van der Waals surface area contributed by atoms with Crippen LogP contribution in [-0.2, 0) is 12.8 Å². The lowest BCUT2D eigenvalue weighted by atomic mass is 10.00. The number of fused-ring (bicyclic) bond motifs is 1. The van der Waals surface area contributed by atoms with Gasteiger partial charge in [0.05, 0.1) is 11.9 Å². The number of ether oxygens (including phenoxy) is 1. The molecule has 3 heteroatoms. The molecule has 1 unspecified atom stereocenters. The number of halogens is 2. The van der Waals surface area contributed by atoms with Gasteiger partial charge in [0.25, 0.3) is 0 Å². The van der Waals surface area contributed by atoms with Crippen molar-refractivity contribution in [3.63, 3.8) is 0 Å². The normalized spacial score (nSPS) is 14.9. The van der Waals surface area contributed by atoms with Crippen LogP contribution in [0.4, 0.5) is 4.39 Å². The SMILES string of the molecule is COc1ccc(F)cc1C(Br)c1ccc2c(c1)CCC2. The summed E-state index contributed by atoms with van der Waals surface area (Å²) in [6, 6.07) is 11.2. The fraction of sp³-hybridized carbons (Fsp3) is 0.294. The molecule has 1 aliphatic rings. The predicted octanol–water partition coefficient (Wildman–Crippen LogP) is 4.81. The van der Waals surface area contributed by atoms with E-state index in [9.17, 15) is 4.39 Å². The largest absolute Gasteiger partial charge is 0.496 e. The van der Waals surface area contributed by atoms with Gasteiger partial charge in [0.15, 0.2) is 0 Å². The lowest BCUT2D eigenvalue weighted by molar-refractivity contribution is 0.409. The zero-order chi connectivity index (χ0) is 14.1. The van der Waals surface area contributed by atoms with Crippen LogP contribution in [0, 0.1) is 5.82 Å². The number of rotatable bonds is 3. The van der Waals surface area contributed by atoms with Crippen molar-refractivity contribution in [1.82, 2.24) is 0 Å². The number of hydrogen-bond donors (Lipinski definition) is 0. The third kappa shape index (κ3) is 2.47. The second-order valence-electron chi connectivity index (χ2n) is 5.13. The van der Waals surface area contributed by atoms with E-state index in [0.29, 0.717) is 5.75 Å². The van der Waals surface area contributed by atoms with E-state index in [1.807, 2.05) is 0 Å². The van der Waals surface area contributed by atoms with E-state index in [1.54, 1.807) is 13.2 Å². The molecule has 0 N–H and O–H groups in total. The van der Waals surface area contributed by atoms with Gasteiger partial charge in [0, 0.05) is 5.56 Å². The Bertz CT molecular complexity index is 639. The van der Waals surface area contributed by atoms with Crippen LogP contribution in [0.5, 0.6) is 5.75 Å². The second-order valence-corrected chi connectivity index (χ2v) is 6.05. The van der Waals surface area contributed by atoms with Gasteiger partial charge in [-0.05, 0) is 54.2 Å². The van der Waals surface area contributed by atoms with Crippen molar-refractivity contribution in [2.45, 2.75) is 24.1 Å². The third-order valence-corrected chi connectivity index (χ3v) is 4.90. The number of methoxy groups -OCH3 is 1. The van der Waals surface area contributed by atoms with Crippen LogP contribution >= 0.6 is 15.9 Å². The Labute approximate surface area is 126 Å². The Morgan fingerprint density at radius 1 is 1.10 bits per heavy atom. The fourth-order valence-corrected chi connectivity index (χ4v) is 3.47. The highest BCUT2D eigenvalue weighted by atomic mass is 79.9. The summed E-state index contributed by atoms with van der Waals surface area (Å²) < 4.78 is 18.8. The van der Waals surface area contributed by atoms with Crippen LogP contribution in [0.3, 0.4) is 0 Å². The molecule has 1 nitrogen and oxygen atoms in total. The van der Waals surface area contributed by atoms with Crippen molar-refractivity contribution in [3.05, 3.63) is 64.5 Å². The number of alkyl halides is 1. The molecular formula is C17H16BrFO. The Morgan fingerprint density at radius 3 is 2.70 bits per heavy atom. The second kappa shape index (κ2) is 5.57. The van der Waals surface area contributed by atoms with Gasteiger partial charge >= 0.3 is 0 Å². The molecular weight excluding hydrogens is 319 g/mol. The third-order valence-electron chi connectivity index (χ3n) is 3.88. The van der Waals surface area contributed by atoms with Crippen LogP contribution in [0.1, 0.15) is 33.5 Å². The smallest absolute Gasteiger partial charge is 0.123 e. The van der Waals surface area contributed by atoms with E-state index in [0.717, 1.165) is 17.5 Å². The molecule has 2 aromatic rings. The average Bonchev–Trinajstić information content (AvgIpc) is 2.93. The lowest BCUT2D eigenvalue weighted by Crippen LogP contribution is -1.99. The van der Waals surface area contributed by atoms with Crippen LogP contribution in [0.15, 0.2) is 36.4 Å². The minimum Gasteiger partial charge on any atom is -0.496 e. The monoisotopic (exact) mass is 334 g/mol. The highest BCUT2D eigenvalue weighted by molar-refractivity contribution is 9.09. The van der Waals surface area contributed by atoms with E-state index in [1.165, 1.54) is 36.1 Å². The van der Waals surface area contributed by atoms with Gasteiger partial charge in [-0.15, -0.1) is 0 Å². The molecule has 0 aliphatic heterocycles. The first-order chi connectivity index (χ1) is 9.69. The molecule has 3 rings (SSSR count). The molecule has 0 saturated carbocycles. The molecule has 20 heavy (non-hydrogen) atoms. The topological polar surface area (TPSA) is 9.23 Å². The minimum absolute atomic E-state index is 0.0564.